The average molecular weight is 292 g/mol. The minimum Gasteiger partial charge on any atom is -0.399 e. The van der Waals surface area contributed by atoms with Gasteiger partial charge in [0.25, 0.3) is 6.43 Å². The summed E-state index contributed by atoms with van der Waals surface area (Å²) in [5.41, 5.74) is 7.97. The number of halogens is 2. The maximum absolute atomic E-state index is 13.1. The van der Waals surface area contributed by atoms with Gasteiger partial charge in [-0.1, -0.05) is 18.2 Å². The quantitative estimate of drug-likeness (QED) is 0.787. The van der Waals surface area contributed by atoms with Crippen molar-refractivity contribution in [2.24, 2.45) is 0 Å². The summed E-state index contributed by atoms with van der Waals surface area (Å²) < 4.78 is 31.3. The van der Waals surface area contributed by atoms with Crippen LogP contribution in [0.4, 0.5) is 25.8 Å². The van der Waals surface area contributed by atoms with E-state index in [1.165, 1.54) is 6.07 Å². The minimum absolute atomic E-state index is 0.100. The molecule has 0 aliphatic rings. The average Bonchev–Trinajstić information content (AvgIpc) is 2.48. The molecule has 2 rings (SSSR count). The number of ether oxygens (including phenoxy) is 1. The zero-order chi connectivity index (χ0) is 15.2. The number of nitrogen functional groups attached to an aromatic ring is 1. The summed E-state index contributed by atoms with van der Waals surface area (Å²) in [6, 6.07) is 12.0. The van der Waals surface area contributed by atoms with Crippen LogP contribution in [0.25, 0.3) is 0 Å². The lowest BCUT2D eigenvalue weighted by Gasteiger charge is -2.15. The second-order valence-electron chi connectivity index (χ2n) is 4.67. The lowest BCUT2D eigenvalue weighted by molar-refractivity contribution is 0.152. The number of hydrogen-bond donors (Lipinski definition) is 2. The number of nitrogens with one attached hydrogen (secondary N) is 1. The lowest BCUT2D eigenvalue weighted by atomic mass is 10.1. The van der Waals surface area contributed by atoms with E-state index in [1.807, 2.05) is 24.3 Å². The monoisotopic (exact) mass is 292 g/mol. The van der Waals surface area contributed by atoms with E-state index in [0.717, 1.165) is 11.3 Å². The van der Waals surface area contributed by atoms with Gasteiger partial charge in [0, 0.05) is 29.7 Å². The number of para-hydroxylation sites is 1. The Bertz CT molecular complexity index is 603. The van der Waals surface area contributed by atoms with Crippen molar-refractivity contribution in [1.29, 1.82) is 0 Å². The number of hydrogen-bond acceptors (Lipinski definition) is 3. The van der Waals surface area contributed by atoms with E-state index in [-0.39, 0.29) is 5.56 Å². The zero-order valence-corrected chi connectivity index (χ0v) is 11.8. The SMILES string of the molecule is COCCc1ccccc1Nc1ccc(N)cc1C(F)F. The van der Waals surface area contributed by atoms with Gasteiger partial charge in [-0.05, 0) is 36.2 Å². The minimum atomic E-state index is -2.58. The summed E-state index contributed by atoms with van der Waals surface area (Å²) in [6.07, 6.45) is -1.87. The van der Waals surface area contributed by atoms with E-state index in [2.05, 4.69) is 5.32 Å². The van der Waals surface area contributed by atoms with Gasteiger partial charge in [-0.2, -0.15) is 0 Å². The van der Waals surface area contributed by atoms with E-state index in [0.29, 0.717) is 24.4 Å². The van der Waals surface area contributed by atoms with E-state index in [4.69, 9.17) is 10.5 Å². The van der Waals surface area contributed by atoms with Crippen LogP contribution in [0.3, 0.4) is 0 Å². The third-order valence-corrected chi connectivity index (χ3v) is 3.17. The number of methoxy groups -OCH3 is 1. The van der Waals surface area contributed by atoms with Gasteiger partial charge in [0.05, 0.1) is 6.61 Å². The van der Waals surface area contributed by atoms with Crippen LogP contribution in [0, 0.1) is 0 Å². The van der Waals surface area contributed by atoms with Crippen molar-refractivity contribution in [2.45, 2.75) is 12.8 Å². The summed E-state index contributed by atoms with van der Waals surface area (Å²) in [7, 11) is 1.63. The highest BCUT2D eigenvalue weighted by molar-refractivity contribution is 5.68. The van der Waals surface area contributed by atoms with Crippen molar-refractivity contribution in [3.63, 3.8) is 0 Å². The lowest BCUT2D eigenvalue weighted by Crippen LogP contribution is -2.02. The van der Waals surface area contributed by atoms with Gasteiger partial charge in [0.15, 0.2) is 0 Å². The fourth-order valence-electron chi connectivity index (χ4n) is 2.09. The molecule has 21 heavy (non-hydrogen) atoms. The van der Waals surface area contributed by atoms with Crippen molar-refractivity contribution in [2.75, 3.05) is 24.8 Å². The second-order valence-corrected chi connectivity index (χ2v) is 4.67. The fraction of sp³-hybridized carbons (Fsp3) is 0.250. The Morgan fingerprint density at radius 3 is 2.62 bits per heavy atom. The van der Waals surface area contributed by atoms with Crippen molar-refractivity contribution in [3.05, 3.63) is 53.6 Å². The molecule has 0 atom stereocenters. The molecule has 0 saturated heterocycles. The van der Waals surface area contributed by atoms with Crippen LogP contribution < -0.4 is 11.1 Å². The molecule has 0 bridgehead atoms. The highest BCUT2D eigenvalue weighted by atomic mass is 19.3. The van der Waals surface area contributed by atoms with Crippen molar-refractivity contribution < 1.29 is 13.5 Å². The molecule has 0 saturated carbocycles. The van der Waals surface area contributed by atoms with E-state index in [1.54, 1.807) is 19.2 Å². The molecule has 0 radical (unpaired) electrons. The largest absolute Gasteiger partial charge is 0.399 e. The maximum Gasteiger partial charge on any atom is 0.265 e. The molecule has 0 amide bonds. The zero-order valence-electron chi connectivity index (χ0n) is 11.8. The highest BCUT2D eigenvalue weighted by Crippen LogP contribution is 2.32. The Morgan fingerprint density at radius 1 is 1.14 bits per heavy atom. The maximum atomic E-state index is 13.1. The van der Waals surface area contributed by atoms with Crippen LogP contribution in [0.2, 0.25) is 0 Å². The van der Waals surface area contributed by atoms with Crippen LogP contribution in [0.1, 0.15) is 17.6 Å². The van der Waals surface area contributed by atoms with Gasteiger partial charge in [-0.25, -0.2) is 8.78 Å². The summed E-state index contributed by atoms with van der Waals surface area (Å²) in [5.74, 6) is 0. The Morgan fingerprint density at radius 2 is 1.90 bits per heavy atom. The number of nitrogens with two attached hydrogens (primary N) is 1. The van der Waals surface area contributed by atoms with Crippen molar-refractivity contribution in [1.82, 2.24) is 0 Å². The van der Waals surface area contributed by atoms with Gasteiger partial charge in [0.1, 0.15) is 0 Å². The molecule has 0 unspecified atom stereocenters. The summed E-state index contributed by atoms with van der Waals surface area (Å²) in [6.45, 7) is 0.572. The van der Waals surface area contributed by atoms with Gasteiger partial charge < -0.3 is 15.8 Å². The molecular formula is C16H18F2N2O. The number of alkyl halides is 2. The molecule has 3 N–H and O–H groups in total. The Balaban J connectivity index is 2.30. The van der Waals surface area contributed by atoms with Gasteiger partial charge in [-0.15, -0.1) is 0 Å². The van der Waals surface area contributed by atoms with Crippen LogP contribution in [0.15, 0.2) is 42.5 Å². The third kappa shape index (κ3) is 3.92. The van der Waals surface area contributed by atoms with Gasteiger partial charge >= 0.3 is 0 Å². The van der Waals surface area contributed by atoms with E-state index >= 15 is 0 Å². The Kier molecular flexibility index (Phi) is 5.11. The fourth-order valence-corrected chi connectivity index (χ4v) is 2.09. The topological polar surface area (TPSA) is 47.3 Å². The number of benzene rings is 2. The Labute approximate surface area is 122 Å². The molecule has 0 aliphatic heterocycles. The predicted octanol–water partition coefficient (Wildman–Crippen LogP) is 4.14. The third-order valence-electron chi connectivity index (χ3n) is 3.17. The van der Waals surface area contributed by atoms with Crippen LogP contribution in [-0.4, -0.2) is 13.7 Å². The summed E-state index contributed by atoms with van der Waals surface area (Å²) in [5, 5.41) is 3.07. The van der Waals surface area contributed by atoms with Crippen molar-refractivity contribution >= 4 is 17.1 Å². The molecule has 0 aromatic heterocycles. The molecule has 112 valence electrons. The van der Waals surface area contributed by atoms with Crippen LogP contribution in [0.5, 0.6) is 0 Å². The van der Waals surface area contributed by atoms with Gasteiger partial charge in [0.2, 0.25) is 0 Å². The molecule has 2 aromatic carbocycles. The summed E-state index contributed by atoms with van der Waals surface area (Å²) in [4.78, 5) is 0. The number of anilines is 3. The first-order valence-electron chi connectivity index (χ1n) is 6.63. The standard InChI is InChI=1S/C16H18F2N2O/c1-21-9-8-11-4-2-3-5-14(11)20-15-7-6-12(19)10-13(15)16(17)18/h2-7,10,16,20H,8-9,19H2,1H3. The molecular weight excluding hydrogens is 274 g/mol. The molecule has 2 aromatic rings. The van der Waals surface area contributed by atoms with Crippen LogP contribution in [-0.2, 0) is 11.2 Å². The van der Waals surface area contributed by atoms with E-state index in [9.17, 15) is 8.78 Å². The van der Waals surface area contributed by atoms with Crippen LogP contribution >= 0.6 is 0 Å². The molecule has 0 spiro atoms. The first kappa shape index (κ1) is 15.3. The molecule has 3 nitrogen and oxygen atoms in total. The first-order chi connectivity index (χ1) is 10.1. The first-order valence-corrected chi connectivity index (χ1v) is 6.63. The molecule has 0 aliphatic carbocycles. The predicted molar refractivity (Wildman–Crippen MR) is 81.1 cm³/mol. The Hall–Kier alpha value is -2.14. The highest BCUT2D eigenvalue weighted by Gasteiger charge is 2.14. The smallest absolute Gasteiger partial charge is 0.265 e. The number of rotatable bonds is 6. The summed E-state index contributed by atoms with van der Waals surface area (Å²) >= 11 is 0. The second kappa shape index (κ2) is 7.04. The van der Waals surface area contributed by atoms with E-state index < -0.39 is 6.43 Å². The molecule has 5 heteroatoms. The normalized spacial score (nSPS) is 10.9. The van der Waals surface area contributed by atoms with Gasteiger partial charge in [-0.3, -0.25) is 0 Å². The molecule has 0 fully saturated rings. The van der Waals surface area contributed by atoms with Crippen molar-refractivity contribution in [3.8, 4) is 0 Å². The molecule has 0 heterocycles.